The molecule has 0 radical (unpaired) electrons. The number of rotatable bonds is 1. The predicted molar refractivity (Wildman–Crippen MR) is 94.1 cm³/mol. The molecule has 3 fully saturated rings. The van der Waals surface area contributed by atoms with Crippen LogP contribution in [0.4, 0.5) is 0 Å². The molecular formula is C20H23N3O2. The van der Waals surface area contributed by atoms with Crippen molar-refractivity contribution in [3.8, 4) is 5.69 Å². The van der Waals surface area contributed by atoms with Crippen LogP contribution in [0.25, 0.3) is 5.69 Å². The van der Waals surface area contributed by atoms with E-state index in [1.807, 2.05) is 39.7 Å². The number of benzene rings is 1. The summed E-state index contributed by atoms with van der Waals surface area (Å²) in [7, 11) is 0. The fraction of sp³-hybridized carbons (Fsp3) is 0.600. The highest BCUT2D eigenvalue weighted by Crippen LogP contribution is 2.71. The van der Waals surface area contributed by atoms with Crippen molar-refractivity contribution in [1.29, 1.82) is 0 Å². The summed E-state index contributed by atoms with van der Waals surface area (Å²) in [6, 6.07) is 9.85. The van der Waals surface area contributed by atoms with E-state index in [0.29, 0.717) is 17.0 Å². The van der Waals surface area contributed by atoms with E-state index in [1.165, 1.54) is 36.7 Å². The van der Waals surface area contributed by atoms with Gasteiger partial charge in [0, 0.05) is 0 Å². The molecule has 1 aromatic heterocycles. The lowest BCUT2D eigenvalue weighted by atomic mass is 9.44. The summed E-state index contributed by atoms with van der Waals surface area (Å²) in [5.41, 5.74) is 0.718. The van der Waals surface area contributed by atoms with Crippen LogP contribution in [0.2, 0.25) is 0 Å². The van der Waals surface area contributed by atoms with Crippen molar-refractivity contribution in [3.05, 3.63) is 51.3 Å². The van der Waals surface area contributed by atoms with Gasteiger partial charge in [0.25, 0.3) is 0 Å². The number of fused-ring (bicyclic) bond motifs is 2. The first-order valence-electron chi connectivity index (χ1n) is 9.74. The summed E-state index contributed by atoms with van der Waals surface area (Å²) in [6.07, 6.45) is 8.56. The maximum absolute atomic E-state index is 13.2. The van der Waals surface area contributed by atoms with Gasteiger partial charge in [-0.25, -0.2) is 23.5 Å². The molecule has 5 aliphatic rings. The first kappa shape index (κ1) is 14.2. The Bertz CT molecular complexity index is 965. The van der Waals surface area contributed by atoms with E-state index in [1.54, 1.807) is 0 Å². The van der Waals surface area contributed by atoms with Gasteiger partial charge in [-0.05, 0) is 55.1 Å². The van der Waals surface area contributed by atoms with Gasteiger partial charge < -0.3 is 0 Å². The molecule has 3 heterocycles. The minimum atomic E-state index is -0.135. The number of aromatic nitrogens is 3. The Morgan fingerprint density at radius 3 is 2.56 bits per heavy atom. The maximum atomic E-state index is 13.2. The second-order valence-electron chi connectivity index (χ2n) is 8.55. The molecule has 3 saturated carbocycles. The zero-order valence-electron chi connectivity index (χ0n) is 14.3. The second-order valence-corrected chi connectivity index (χ2v) is 8.55. The normalized spacial score (nSPS) is 37.8. The van der Waals surface area contributed by atoms with Gasteiger partial charge in [0.1, 0.15) is 0 Å². The highest BCUT2D eigenvalue weighted by atomic mass is 16.2. The average molecular weight is 337 g/mol. The Balaban J connectivity index is 1.61. The van der Waals surface area contributed by atoms with E-state index < -0.39 is 0 Å². The van der Waals surface area contributed by atoms with Gasteiger partial charge in [0.2, 0.25) is 0 Å². The van der Waals surface area contributed by atoms with Crippen molar-refractivity contribution in [1.82, 2.24) is 13.9 Å². The molecule has 3 aliphatic carbocycles. The monoisotopic (exact) mass is 337 g/mol. The van der Waals surface area contributed by atoms with Crippen molar-refractivity contribution < 1.29 is 0 Å². The zero-order valence-corrected chi connectivity index (χ0v) is 14.3. The van der Waals surface area contributed by atoms with Crippen molar-refractivity contribution in [3.63, 3.8) is 0 Å². The molecule has 2 aromatic rings. The van der Waals surface area contributed by atoms with Crippen molar-refractivity contribution in [2.45, 2.75) is 57.0 Å². The SMILES string of the molecule is O=c1n(-c2ccccc2)c(=O)n2n1C1CC[C@@H]2[C@@]23CCCC[C@@H](C2)[C@@H]13. The van der Waals surface area contributed by atoms with Gasteiger partial charge in [-0.15, -0.1) is 0 Å². The van der Waals surface area contributed by atoms with E-state index in [2.05, 4.69) is 0 Å². The zero-order chi connectivity index (χ0) is 16.8. The molecule has 0 saturated heterocycles. The summed E-state index contributed by atoms with van der Waals surface area (Å²) in [5.74, 6) is 1.39. The Morgan fingerprint density at radius 2 is 1.72 bits per heavy atom. The first-order valence-corrected chi connectivity index (χ1v) is 9.74. The van der Waals surface area contributed by atoms with Gasteiger partial charge in [-0.2, -0.15) is 0 Å². The van der Waals surface area contributed by atoms with E-state index in [9.17, 15) is 9.59 Å². The summed E-state index contributed by atoms with van der Waals surface area (Å²) < 4.78 is 5.11. The Kier molecular flexibility index (Phi) is 2.59. The van der Waals surface area contributed by atoms with Crippen LogP contribution in [0.1, 0.15) is 57.0 Å². The van der Waals surface area contributed by atoms with E-state index in [4.69, 9.17) is 0 Å². The van der Waals surface area contributed by atoms with Crippen LogP contribution in [0, 0.1) is 17.3 Å². The van der Waals surface area contributed by atoms with Crippen molar-refractivity contribution >= 4 is 0 Å². The van der Waals surface area contributed by atoms with Crippen LogP contribution >= 0.6 is 0 Å². The first-order chi connectivity index (χ1) is 12.2. The van der Waals surface area contributed by atoms with Gasteiger partial charge >= 0.3 is 11.4 Å². The third-order valence-electron chi connectivity index (χ3n) is 7.73. The van der Waals surface area contributed by atoms with Gasteiger partial charge in [0.05, 0.1) is 17.8 Å². The maximum Gasteiger partial charge on any atom is 0.352 e. The van der Waals surface area contributed by atoms with E-state index in [-0.39, 0.29) is 23.5 Å². The third kappa shape index (κ3) is 1.52. The lowest BCUT2D eigenvalue weighted by molar-refractivity contribution is -0.181. The standard InChI is InChI=1S/C20H23N3O2/c24-18-21(14-7-2-1-3-8-14)19(25)23-16-10-9-15(22(18)23)17-13-6-4-5-11-20(16,17)12-13/h1-3,7-8,13,15-17H,4-6,9-12H2/t13-,15?,16+,17-,20+/m0/s1. The van der Waals surface area contributed by atoms with Crippen LogP contribution < -0.4 is 11.4 Å². The average Bonchev–Trinajstić information content (AvgIpc) is 2.81. The summed E-state index contributed by atoms with van der Waals surface area (Å²) in [6.45, 7) is 0. The largest absolute Gasteiger partial charge is 0.352 e. The van der Waals surface area contributed by atoms with E-state index in [0.717, 1.165) is 18.8 Å². The van der Waals surface area contributed by atoms with Crippen LogP contribution in [-0.2, 0) is 0 Å². The predicted octanol–water partition coefficient (Wildman–Crippen LogP) is 2.89. The molecule has 5 nitrogen and oxygen atoms in total. The number of para-hydroxylation sites is 1. The Hall–Kier alpha value is -2.04. The lowest BCUT2D eigenvalue weighted by Crippen LogP contribution is -2.64. The number of hydrogen-bond acceptors (Lipinski definition) is 2. The van der Waals surface area contributed by atoms with Gasteiger partial charge in [0.15, 0.2) is 0 Å². The van der Waals surface area contributed by atoms with Crippen LogP contribution in [-0.4, -0.2) is 13.9 Å². The van der Waals surface area contributed by atoms with Crippen LogP contribution in [0.3, 0.4) is 0 Å². The fourth-order valence-electron chi connectivity index (χ4n) is 6.98. The molecule has 0 amide bonds. The van der Waals surface area contributed by atoms with Crippen molar-refractivity contribution in [2.75, 3.05) is 0 Å². The molecule has 1 unspecified atom stereocenters. The molecule has 5 atom stereocenters. The highest BCUT2D eigenvalue weighted by molar-refractivity contribution is 5.31. The molecule has 2 aliphatic heterocycles. The van der Waals surface area contributed by atoms with Crippen LogP contribution in [0.5, 0.6) is 0 Å². The van der Waals surface area contributed by atoms with E-state index >= 15 is 0 Å². The third-order valence-corrected chi connectivity index (χ3v) is 7.73. The molecule has 1 spiro atoms. The minimum Gasteiger partial charge on any atom is -0.245 e. The Labute approximate surface area is 145 Å². The fourth-order valence-corrected chi connectivity index (χ4v) is 6.98. The van der Waals surface area contributed by atoms with Crippen molar-refractivity contribution in [2.24, 2.45) is 17.3 Å². The van der Waals surface area contributed by atoms with Crippen LogP contribution in [0.15, 0.2) is 39.9 Å². The molecule has 5 heteroatoms. The molecule has 7 rings (SSSR count). The lowest BCUT2D eigenvalue weighted by Gasteiger charge is -2.66. The van der Waals surface area contributed by atoms with Gasteiger partial charge in [-0.3, -0.25) is 0 Å². The smallest absolute Gasteiger partial charge is 0.245 e. The molecule has 1 aromatic carbocycles. The molecular weight excluding hydrogens is 314 g/mol. The summed E-state index contributed by atoms with van der Waals surface area (Å²) in [4.78, 5) is 26.5. The Morgan fingerprint density at radius 1 is 0.920 bits per heavy atom. The molecule has 25 heavy (non-hydrogen) atoms. The molecule has 4 bridgehead atoms. The topological polar surface area (TPSA) is 48.9 Å². The molecule has 130 valence electrons. The quantitative estimate of drug-likeness (QED) is 0.803. The summed E-state index contributed by atoms with van der Waals surface area (Å²) in [5, 5.41) is 0. The highest BCUT2D eigenvalue weighted by Gasteiger charge is 2.67. The number of hydrogen-bond donors (Lipinski definition) is 0. The molecule has 0 N–H and O–H groups in total. The number of nitrogens with zero attached hydrogens (tertiary/aromatic N) is 3. The van der Waals surface area contributed by atoms with Gasteiger partial charge in [-0.1, -0.05) is 37.5 Å². The second kappa shape index (κ2) is 4.57. The summed E-state index contributed by atoms with van der Waals surface area (Å²) >= 11 is 0. The minimum absolute atomic E-state index is 0.133.